The summed E-state index contributed by atoms with van der Waals surface area (Å²) in [6.07, 6.45) is -0.131. The summed E-state index contributed by atoms with van der Waals surface area (Å²) in [5.41, 5.74) is 6.37. The Hall–Kier alpha value is -1.26. The van der Waals surface area contributed by atoms with Crippen LogP contribution in [0.15, 0.2) is 18.2 Å². The molecule has 0 radical (unpaired) electrons. The first-order valence-corrected chi connectivity index (χ1v) is 4.88. The molecule has 0 spiro atoms. The molecule has 1 aromatic rings. The van der Waals surface area contributed by atoms with E-state index in [0.717, 1.165) is 0 Å². The number of rotatable bonds is 2. The number of hydrogen-bond donors (Lipinski definition) is 1. The van der Waals surface area contributed by atoms with Crippen molar-refractivity contribution in [3.63, 3.8) is 0 Å². The van der Waals surface area contributed by atoms with Crippen molar-refractivity contribution in [2.45, 2.75) is 6.10 Å². The van der Waals surface area contributed by atoms with Gasteiger partial charge in [-0.1, -0.05) is 11.6 Å². The quantitative estimate of drug-likeness (QED) is 0.614. The van der Waals surface area contributed by atoms with Crippen molar-refractivity contribution < 1.29 is 14.3 Å². The zero-order chi connectivity index (χ0) is 10.8. The van der Waals surface area contributed by atoms with Crippen LogP contribution in [-0.4, -0.2) is 25.3 Å². The fourth-order valence-corrected chi connectivity index (χ4v) is 1.34. The number of nitrogens with two attached hydrogens (primary N) is 1. The Morgan fingerprint density at radius 3 is 2.80 bits per heavy atom. The molecule has 1 aromatic carbocycles. The maximum atomic E-state index is 11.5. The van der Waals surface area contributed by atoms with Gasteiger partial charge in [0.05, 0.1) is 29.5 Å². The third kappa shape index (κ3) is 2.22. The lowest BCUT2D eigenvalue weighted by molar-refractivity contribution is -0.103. The molecule has 0 aromatic heterocycles. The molecular weight excluding hydrogens is 218 g/mol. The van der Waals surface area contributed by atoms with Crippen molar-refractivity contribution in [3.05, 3.63) is 28.8 Å². The monoisotopic (exact) mass is 227 g/mol. The van der Waals surface area contributed by atoms with Crippen molar-refractivity contribution in [2.75, 3.05) is 18.9 Å². The number of benzene rings is 1. The Bertz CT molecular complexity index is 390. The molecule has 2 N–H and O–H groups in total. The van der Waals surface area contributed by atoms with E-state index in [1.165, 1.54) is 6.07 Å². The third-order valence-corrected chi connectivity index (χ3v) is 2.44. The number of carbonyl (C=O) groups excluding carboxylic acids is 1. The molecule has 1 saturated heterocycles. The Kier molecular flexibility index (Phi) is 2.79. The standard InChI is InChI=1S/C10H10ClNO3/c11-8-3-6(1-2-9(8)12)10(13)15-7-4-14-5-7/h1-3,7H,4-5,12H2. The van der Waals surface area contributed by atoms with Gasteiger partial charge in [-0.3, -0.25) is 0 Å². The second-order valence-corrected chi connectivity index (χ2v) is 3.71. The zero-order valence-corrected chi connectivity index (χ0v) is 8.66. The number of halogens is 1. The molecular formula is C10H10ClNO3. The zero-order valence-electron chi connectivity index (χ0n) is 7.90. The molecule has 2 rings (SSSR count). The van der Waals surface area contributed by atoms with Gasteiger partial charge in [0.25, 0.3) is 0 Å². The van der Waals surface area contributed by atoms with Crippen LogP contribution in [0.4, 0.5) is 5.69 Å². The molecule has 1 aliphatic rings. The molecule has 0 aliphatic carbocycles. The fourth-order valence-electron chi connectivity index (χ4n) is 1.16. The average Bonchev–Trinajstić information content (AvgIpc) is 2.15. The maximum Gasteiger partial charge on any atom is 0.338 e. The molecule has 0 unspecified atom stereocenters. The van der Waals surface area contributed by atoms with Crippen molar-refractivity contribution in [2.24, 2.45) is 0 Å². The van der Waals surface area contributed by atoms with Gasteiger partial charge in [-0.2, -0.15) is 0 Å². The summed E-state index contributed by atoms with van der Waals surface area (Å²) >= 11 is 5.78. The normalized spacial score (nSPS) is 15.8. The van der Waals surface area contributed by atoms with E-state index in [1.54, 1.807) is 12.1 Å². The predicted octanol–water partition coefficient (Wildman–Crippen LogP) is 1.48. The van der Waals surface area contributed by atoms with E-state index in [9.17, 15) is 4.79 Å². The van der Waals surface area contributed by atoms with E-state index in [2.05, 4.69) is 0 Å². The van der Waals surface area contributed by atoms with Crippen molar-refractivity contribution in [1.29, 1.82) is 0 Å². The van der Waals surface area contributed by atoms with Crippen LogP contribution < -0.4 is 5.73 Å². The van der Waals surface area contributed by atoms with Gasteiger partial charge < -0.3 is 15.2 Å². The van der Waals surface area contributed by atoms with Crippen LogP contribution in [0.5, 0.6) is 0 Å². The molecule has 0 atom stereocenters. The van der Waals surface area contributed by atoms with E-state index in [4.69, 9.17) is 26.8 Å². The highest BCUT2D eigenvalue weighted by Crippen LogP contribution is 2.20. The minimum absolute atomic E-state index is 0.131. The molecule has 15 heavy (non-hydrogen) atoms. The summed E-state index contributed by atoms with van der Waals surface area (Å²) in [6, 6.07) is 4.66. The minimum atomic E-state index is -0.398. The molecule has 5 heteroatoms. The Morgan fingerprint density at radius 2 is 2.27 bits per heavy atom. The number of nitrogen functional groups attached to an aromatic ring is 1. The molecule has 0 saturated carbocycles. The van der Waals surface area contributed by atoms with E-state index >= 15 is 0 Å². The van der Waals surface area contributed by atoms with Crippen LogP contribution in [0.1, 0.15) is 10.4 Å². The van der Waals surface area contributed by atoms with Gasteiger partial charge in [-0.25, -0.2) is 4.79 Å². The van der Waals surface area contributed by atoms with E-state index in [-0.39, 0.29) is 6.10 Å². The van der Waals surface area contributed by atoms with E-state index in [1.807, 2.05) is 0 Å². The van der Waals surface area contributed by atoms with Crippen LogP contribution in [0.3, 0.4) is 0 Å². The van der Waals surface area contributed by atoms with Crippen molar-refractivity contribution in [1.82, 2.24) is 0 Å². The second kappa shape index (κ2) is 4.08. The SMILES string of the molecule is Nc1ccc(C(=O)OC2COC2)cc1Cl. The summed E-state index contributed by atoms with van der Waals surface area (Å²) in [7, 11) is 0. The fraction of sp³-hybridized carbons (Fsp3) is 0.300. The maximum absolute atomic E-state index is 11.5. The molecule has 4 nitrogen and oxygen atoms in total. The molecule has 0 bridgehead atoms. The van der Waals surface area contributed by atoms with Gasteiger partial charge in [0.1, 0.15) is 6.10 Å². The Labute approximate surface area is 91.9 Å². The topological polar surface area (TPSA) is 61.6 Å². The van der Waals surface area contributed by atoms with Crippen molar-refractivity contribution >= 4 is 23.3 Å². The van der Waals surface area contributed by atoms with Crippen LogP contribution >= 0.6 is 11.6 Å². The minimum Gasteiger partial charge on any atom is -0.454 e. The largest absolute Gasteiger partial charge is 0.454 e. The van der Waals surface area contributed by atoms with Crippen LogP contribution in [0.2, 0.25) is 5.02 Å². The van der Waals surface area contributed by atoms with Gasteiger partial charge in [-0.15, -0.1) is 0 Å². The van der Waals surface area contributed by atoms with Gasteiger partial charge >= 0.3 is 5.97 Å². The molecule has 0 amide bonds. The molecule has 1 fully saturated rings. The number of ether oxygens (including phenoxy) is 2. The molecule has 1 aliphatic heterocycles. The summed E-state index contributed by atoms with van der Waals surface area (Å²) in [4.78, 5) is 11.5. The van der Waals surface area contributed by atoms with Crippen LogP contribution in [0, 0.1) is 0 Å². The summed E-state index contributed by atoms with van der Waals surface area (Å²) < 4.78 is 10.00. The highest BCUT2D eigenvalue weighted by atomic mass is 35.5. The summed E-state index contributed by atoms with van der Waals surface area (Å²) in [5.74, 6) is -0.398. The smallest absolute Gasteiger partial charge is 0.338 e. The third-order valence-electron chi connectivity index (χ3n) is 2.12. The second-order valence-electron chi connectivity index (χ2n) is 3.30. The number of hydrogen-bond acceptors (Lipinski definition) is 4. The van der Waals surface area contributed by atoms with Gasteiger partial charge in [-0.05, 0) is 18.2 Å². The first-order chi connectivity index (χ1) is 7.16. The predicted molar refractivity (Wildman–Crippen MR) is 55.9 cm³/mol. The number of carbonyl (C=O) groups is 1. The van der Waals surface area contributed by atoms with Crippen molar-refractivity contribution in [3.8, 4) is 0 Å². The highest BCUT2D eigenvalue weighted by molar-refractivity contribution is 6.33. The highest BCUT2D eigenvalue weighted by Gasteiger charge is 2.23. The summed E-state index contributed by atoms with van der Waals surface area (Å²) in [5, 5.41) is 0.356. The molecule has 1 heterocycles. The van der Waals surface area contributed by atoms with Gasteiger partial charge in [0, 0.05) is 0 Å². The number of esters is 1. The Morgan fingerprint density at radius 1 is 1.53 bits per heavy atom. The van der Waals surface area contributed by atoms with E-state index < -0.39 is 5.97 Å². The lowest BCUT2D eigenvalue weighted by Gasteiger charge is -2.25. The lowest BCUT2D eigenvalue weighted by Crippen LogP contribution is -2.37. The first-order valence-electron chi connectivity index (χ1n) is 4.50. The van der Waals surface area contributed by atoms with Gasteiger partial charge in [0.15, 0.2) is 0 Å². The number of anilines is 1. The van der Waals surface area contributed by atoms with Crippen LogP contribution in [0.25, 0.3) is 0 Å². The first kappa shape index (κ1) is 10.3. The summed E-state index contributed by atoms with van der Waals surface area (Å²) in [6.45, 7) is 0.933. The van der Waals surface area contributed by atoms with E-state index in [0.29, 0.717) is 29.5 Å². The van der Waals surface area contributed by atoms with Crippen LogP contribution in [-0.2, 0) is 9.47 Å². The molecule has 80 valence electrons. The Balaban J connectivity index is 2.07. The average molecular weight is 228 g/mol. The van der Waals surface area contributed by atoms with Gasteiger partial charge in [0.2, 0.25) is 0 Å². The lowest BCUT2D eigenvalue weighted by atomic mass is 10.2.